The summed E-state index contributed by atoms with van der Waals surface area (Å²) in [5.41, 5.74) is 0.734. The second kappa shape index (κ2) is 10.3. The van der Waals surface area contributed by atoms with Crippen LogP contribution < -0.4 is 9.46 Å². The van der Waals surface area contributed by atoms with Crippen LogP contribution in [-0.2, 0) is 22.6 Å². The molecular weight excluding hydrogens is 535 g/mol. The number of likely N-dealkylation sites (N-methyl/N-ethyl adjacent to an activating group) is 1. The monoisotopic (exact) mass is 555 g/mol. The van der Waals surface area contributed by atoms with Crippen molar-refractivity contribution in [2.45, 2.75) is 29.3 Å². The number of nitriles is 1. The van der Waals surface area contributed by atoms with Crippen LogP contribution in [0, 0.1) is 11.3 Å². The van der Waals surface area contributed by atoms with Gasteiger partial charge in [-0.2, -0.15) is 18.4 Å². The quantitative estimate of drug-likeness (QED) is 0.384. The van der Waals surface area contributed by atoms with Gasteiger partial charge in [0.1, 0.15) is 20.4 Å². The van der Waals surface area contributed by atoms with Gasteiger partial charge in [0.25, 0.3) is 10.0 Å². The Morgan fingerprint density at radius 2 is 1.97 bits per heavy atom. The standard InChI is InChI=1S/C24H21ClF3N3O3S2/c1-31-11-9-17(14-31)34-21-12-16(6-7-20(21)24(26,27)28)30-36(32,33)22-13-19(23(25)35-22)18-5-3-2-4-15(18)8-10-29/h2-7,12-13,17,30H,8-9,11,14H2,1H3/t17-/m1/s1. The van der Waals surface area contributed by atoms with Gasteiger partial charge >= 0.3 is 6.18 Å². The average Bonchev–Trinajstić information content (AvgIpc) is 3.39. The fraction of sp³-hybridized carbons (Fsp3) is 0.292. The molecule has 2 heterocycles. The predicted molar refractivity (Wildman–Crippen MR) is 133 cm³/mol. The van der Waals surface area contributed by atoms with E-state index in [9.17, 15) is 21.6 Å². The summed E-state index contributed by atoms with van der Waals surface area (Å²) in [7, 11) is -2.33. The Labute approximate surface area is 215 Å². The number of alkyl halides is 3. The van der Waals surface area contributed by atoms with Crippen molar-refractivity contribution in [1.29, 1.82) is 5.26 Å². The molecule has 0 unspecified atom stereocenters. The summed E-state index contributed by atoms with van der Waals surface area (Å²) in [6.07, 6.45) is -4.42. The number of sulfonamides is 1. The molecule has 0 amide bonds. The summed E-state index contributed by atoms with van der Waals surface area (Å²) >= 11 is 7.17. The zero-order valence-electron chi connectivity index (χ0n) is 19.0. The molecule has 3 aromatic rings. The molecule has 0 spiro atoms. The number of ether oxygens (including phenoxy) is 1. The van der Waals surface area contributed by atoms with Gasteiger partial charge in [-0.05, 0) is 42.8 Å². The van der Waals surface area contributed by atoms with Crippen LogP contribution in [0.1, 0.15) is 17.5 Å². The van der Waals surface area contributed by atoms with Crippen molar-refractivity contribution < 1.29 is 26.3 Å². The highest BCUT2D eigenvalue weighted by Gasteiger charge is 2.36. The lowest BCUT2D eigenvalue weighted by molar-refractivity contribution is -0.139. The number of nitrogens with one attached hydrogen (secondary N) is 1. The molecule has 0 aliphatic carbocycles. The number of hydrogen-bond acceptors (Lipinski definition) is 6. The van der Waals surface area contributed by atoms with Gasteiger partial charge in [0.2, 0.25) is 0 Å². The van der Waals surface area contributed by atoms with Gasteiger partial charge in [0.15, 0.2) is 0 Å². The third-order valence-corrected chi connectivity index (χ3v) is 8.90. The van der Waals surface area contributed by atoms with Crippen LogP contribution >= 0.6 is 22.9 Å². The average molecular weight is 556 g/mol. The van der Waals surface area contributed by atoms with Gasteiger partial charge in [-0.3, -0.25) is 4.72 Å². The van der Waals surface area contributed by atoms with Gasteiger partial charge < -0.3 is 9.64 Å². The fourth-order valence-electron chi connectivity index (χ4n) is 3.98. The maximum Gasteiger partial charge on any atom is 0.419 e. The van der Waals surface area contributed by atoms with Crippen molar-refractivity contribution in [3.8, 4) is 22.9 Å². The maximum atomic E-state index is 13.6. The molecule has 1 aromatic heterocycles. The number of rotatable bonds is 7. The van der Waals surface area contributed by atoms with Crippen LogP contribution in [0.3, 0.4) is 0 Å². The van der Waals surface area contributed by atoms with Crippen molar-refractivity contribution in [3.63, 3.8) is 0 Å². The summed E-state index contributed by atoms with van der Waals surface area (Å²) in [6.45, 7) is 1.16. The highest BCUT2D eigenvalue weighted by molar-refractivity contribution is 7.94. The largest absolute Gasteiger partial charge is 0.488 e. The van der Waals surface area contributed by atoms with E-state index in [1.54, 1.807) is 24.3 Å². The second-order valence-corrected chi connectivity index (χ2v) is 11.9. The highest BCUT2D eigenvalue weighted by Crippen LogP contribution is 2.41. The Morgan fingerprint density at radius 1 is 1.22 bits per heavy atom. The maximum absolute atomic E-state index is 13.6. The van der Waals surface area contributed by atoms with E-state index < -0.39 is 33.6 Å². The molecule has 6 nitrogen and oxygen atoms in total. The number of halogens is 4. The van der Waals surface area contributed by atoms with Crippen LogP contribution in [-0.4, -0.2) is 39.6 Å². The van der Waals surface area contributed by atoms with Gasteiger partial charge in [-0.15, -0.1) is 11.3 Å². The first-order valence-corrected chi connectivity index (χ1v) is 13.5. The first-order chi connectivity index (χ1) is 17.0. The Balaban J connectivity index is 1.64. The highest BCUT2D eigenvalue weighted by atomic mass is 35.5. The van der Waals surface area contributed by atoms with Crippen molar-refractivity contribution in [2.75, 3.05) is 24.9 Å². The molecule has 1 aliphatic rings. The van der Waals surface area contributed by atoms with Crippen molar-refractivity contribution in [2.24, 2.45) is 0 Å². The summed E-state index contributed by atoms with van der Waals surface area (Å²) in [6, 6.07) is 13.4. The minimum Gasteiger partial charge on any atom is -0.488 e. The molecule has 0 radical (unpaired) electrons. The molecule has 1 N–H and O–H groups in total. The molecule has 0 saturated carbocycles. The molecule has 12 heteroatoms. The van der Waals surface area contributed by atoms with E-state index in [4.69, 9.17) is 21.6 Å². The summed E-state index contributed by atoms with van der Waals surface area (Å²) < 4.78 is 75.0. The summed E-state index contributed by atoms with van der Waals surface area (Å²) in [5, 5.41) is 9.08. The first kappa shape index (κ1) is 26.3. The van der Waals surface area contributed by atoms with Crippen LogP contribution in [0.4, 0.5) is 18.9 Å². The number of benzene rings is 2. The molecule has 0 bridgehead atoms. The predicted octanol–water partition coefficient (Wildman–Crippen LogP) is 6.04. The van der Waals surface area contributed by atoms with E-state index in [1.165, 1.54) is 6.07 Å². The number of likely N-dealkylation sites (tertiary alicyclic amines) is 1. The van der Waals surface area contributed by atoms with Crippen molar-refractivity contribution in [3.05, 3.63) is 64.0 Å². The lowest BCUT2D eigenvalue weighted by Gasteiger charge is -2.19. The third kappa shape index (κ3) is 5.78. The Hall–Kier alpha value is -2.78. The molecule has 36 heavy (non-hydrogen) atoms. The number of anilines is 1. The Morgan fingerprint density at radius 3 is 2.64 bits per heavy atom. The molecule has 1 aliphatic heterocycles. The van der Waals surface area contributed by atoms with Crippen molar-refractivity contribution in [1.82, 2.24) is 4.90 Å². The van der Waals surface area contributed by atoms with Gasteiger partial charge in [0.05, 0.1) is 23.7 Å². The molecule has 4 rings (SSSR count). The molecule has 1 fully saturated rings. The molecule has 2 aromatic carbocycles. The third-order valence-electron chi connectivity index (χ3n) is 5.69. The molecule has 1 saturated heterocycles. The van der Waals surface area contributed by atoms with E-state index >= 15 is 0 Å². The summed E-state index contributed by atoms with van der Waals surface area (Å²) in [4.78, 5) is 1.94. The number of hydrogen-bond donors (Lipinski definition) is 1. The van der Waals surface area contributed by atoms with Gasteiger partial charge in [-0.25, -0.2) is 8.42 Å². The van der Waals surface area contributed by atoms with Crippen LogP contribution in [0.25, 0.3) is 11.1 Å². The summed E-state index contributed by atoms with van der Waals surface area (Å²) in [5.74, 6) is -0.432. The van der Waals surface area contributed by atoms with E-state index in [-0.39, 0.29) is 20.7 Å². The second-order valence-electron chi connectivity index (χ2n) is 8.35. The van der Waals surface area contributed by atoms with Crippen LogP contribution in [0.15, 0.2) is 52.7 Å². The zero-order chi connectivity index (χ0) is 26.1. The zero-order valence-corrected chi connectivity index (χ0v) is 21.4. The van der Waals surface area contributed by atoms with E-state index in [0.717, 1.165) is 29.5 Å². The van der Waals surface area contributed by atoms with Crippen molar-refractivity contribution >= 4 is 38.6 Å². The lowest BCUT2D eigenvalue weighted by atomic mass is 10.0. The topological polar surface area (TPSA) is 82.4 Å². The van der Waals surface area contributed by atoms with Crippen LogP contribution in [0.2, 0.25) is 4.34 Å². The minimum atomic E-state index is -4.66. The lowest BCUT2D eigenvalue weighted by Crippen LogP contribution is -2.23. The molecular formula is C24H21ClF3N3O3S2. The Kier molecular flexibility index (Phi) is 7.52. The van der Waals surface area contributed by atoms with Gasteiger partial charge in [-0.1, -0.05) is 35.9 Å². The SMILES string of the molecule is CN1CC[C@@H](Oc2cc(NS(=O)(=O)c3cc(-c4ccccc4CC#N)c(Cl)s3)ccc2C(F)(F)F)C1. The normalized spacial score (nSPS) is 16.6. The molecule has 190 valence electrons. The fourth-order valence-corrected chi connectivity index (χ4v) is 6.78. The van der Waals surface area contributed by atoms with E-state index in [0.29, 0.717) is 36.2 Å². The Bertz CT molecular complexity index is 1420. The molecule has 1 atom stereocenters. The number of nitrogens with zero attached hydrogens (tertiary/aromatic N) is 2. The number of thiophene rings is 1. The van der Waals surface area contributed by atoms with E-state index in [1.807, 2.05) is 11.9 Å². The van der Waals surface area contributed by atoms with Gasteiger partial charge in [0, 0.05) is 24.7 Å². The smallest absolute Gasteiger partial charge is 0.419 e. The van der Waals surface area contributed by atoms with E-state index in [2.05, 4.69) is 10.8 Å². The first-order valence-electron chi connectivity index (χ1n) is 10.8. The minimum absolute atomic E-state index is 0.0692. The van der Waals surface area contributed by atoms with Crippen LogP contribution in [0.5, 0.6) is 5.75 Å².